The molecule has 1 aliphatic heterocycles. The van der Waals surface area contributed by atoms with Crippen molar-refractivity contribution in [1.29, 1.82) is 0 Å². The Kier molecular flexibility index (Phi) is 5.44. The first kappa shape index (κ1) is 21.3. The van der Waals surface area contributed by atoms with Gasteiger partial charge < -0.3 is 10.6 Å². The third-order valence-corrected chi connectivity index (χ3v) is 5.98. The fourth-order valence-corrected chi connectivity index (χ4v) is 5.14. The zero-order valence-electron chi connectivity index (χ0n) is 18.7. The summed E-state index contributed by atoms with van der Waals surface area (Å²) in [5, 5.41) is 8.74. The topological polar surface area (TPSA) is 58.2 Å². The minimum atomic E-state index is -0.192. The Morgan fingerprint density at radius 2 is 1.32 bits per heavy atom. The van der Waals surface area contributed by atoms with E-state index in [0.29, 0.717) is 16.7 Å². The molecule has 4 rings (SSSR count). The van der Waals surface area contributed by atoms with Gasteiger partial charge in [-0.2, -0.15) is 0 Å². The Labute approximate surface area is 184 Å². The van der Waals surface area contributed by atoms with Gasteiger partial charge in [-0.3, -0.25) is 9.59 Å². The smallest absolute Gasteiger partial charge is 0.252 e. The van der Waals surface area contributed by atoms with E-state index in [9.17, 15) is 9.59 Å². The molecule has 2 N–H and O–H groups in total. The molecular formula is C27H30N2O2. The number of carbonyl (C=O) groups is 2. The lowest BCUT2D eigenvalue weighted by Gasteiger charge is -2.46. The number of piperidine rings is 1. The molecule has 0 unspecified atom stereocenters. The highest BCUT2D eigenvalue weighted by Crippen LogP contribution is 2.29. The van der Waals surface area contributed by atoms with Gasteiger partial charge in [0.1, 0.15) is 0 Å². The van der Waals surface area contributed by atoms with Crippen LogP contribution in [-0.4, -0.2) is 28.8 Å². The van der Waals surface area contributed by atoms with Crippen LogP contribution < -0.4 is 10.6 Å². The fourth-order valence-electron chi connectivity index (χ4n) is 5.14. The summed E-state index contributed by atoms with van der Waals surface area (Å²) >= 11 is 0. The third kappa shape index (κ3) is 4.54. The summed E-state index contributed by atoms with van der Waals surface area (Å²) < 4.78 is 0. The van der Waals surface area contributed by atoms with Crippen molar-refractivity contribution in [1.82, 2.24) is 10.6 Å². The summed E-state index contributed by atoms with van der Waals surface area (Å²) in [5.41, 5.74) is 1.33. The van der Waals surface area contributed by atoms with Crippen molar-refractivity contribution in [2.24, 2.45) is 0 Å². The average Bonchev–Trinajstić information content (AvgIpc) is 2.70. The molecule has 0 bridgehead atoms. The van der Waals surface area contributed by atoms with E-state index in [-0.39, 0.29) is 28.8 Å². The van der Waals surface area contributed by atoms with E-state index in [0.717, 1.165) is 23.6 Å². The standard InChI is InChI=1S/C27H30N2O2/c1-26(2)16-19(17-27(3,4)29-26)28-25(31)23-14-8-7-13-22(23)24(30)21-15-9-11-18-10-5-6-12-20(18)21/h5-15,19,29H,16-17H2,1-4H3,(H,28,31). The number of fused-ring (bicyclic) bond motifs is 1. The second kappa shape index (κ2) is 7.93. The van der Waals surface area contributed by atoms with E-state index in [4.69, 9.17) is 0 Å². The maximum atomic E-state index is 13.5. The Bertz CT molecular complexity index is 1130. The predicted octanol–water partition coefficient (Wildman–Crippen LogP) is 5.11. The SMILES string of the molecule is CC1(C)CC(NC(=O)c2ccccc2C(=O)c2cccc3ccccc23)CC(C)(C)N1. The van der Waals surface area contributed by atoms with Gasteiger partial charge in [0.2, 0.25) is 0 Å². The number of hydrogen-bond donors (Lipinski definition) is 2. The molecule has 0 aromatic heterocycles. The number of nitrogens with one attached hydrogen (secondary N) is 2. The second-order valence-corrected chi connectivity index (χ2v) is 9.87. The monoisotopic (exact) mass is 414 g/mol. The highest BCUT2D eigenvalue weighted by Gasteiger charge is 2.38. The van der Waals surface area contributed by atoms with Crippen LogP contribution in [0.3, 0.4) is 0 Å². The van der Waals surface area contributed by atoms with Gasteiger partial charge in [0, 0.05) is 28.2 Å². The Morgan fingerprint density at radius 3 is 2.03 bits per heavy atom. The third-order valence-electron chi connectivity index (χ3n) is 5.98. The molecule has 3 aromatic carbocycles. The van der Waals surface area contributed by atoms with E-state index >= 15 is 0 Å². The first-order valence-electron chi connectivity index (χ1n) is 10.9. The van der Waals surface area contributed by atoms with Crippen LogP contribution in [0.1, 0.15) is 66.8 Å². The van der Waals surface area contributed by atoms with Gasteiger partial charge in [0.05, 0.1) is 5.56 Å². The quantitative estimate of drug-likeness (QED) is 0.583. The molecule has 0 saturated carbocycles. The van der Waals surface area contributed by atoms with Crippen LogP contribution >= 0.6 is 0 Å². The summed E-state index contributed by atoms with van der Waals surface area (Å²) in [4.78, 5) is 26.8. The van der Waals surface area contributed by atoms with Crippen molar-refractivity contribution in [2.45, 2.75) is 57.7 Å². The van der Waals surface area contributed by atoms with Crippen LogP contribution in [0.25, 0.3) is 10.8 Å². The fraction of sp³-hybridized carbons (Fsp3) is 0.333. The predicted molar refractivity (Wildman–Crippen MR) is 126 cm³/mol. The van der Waals surface area contributed by atoms with Crippen LogP contribution in [0.15, 0.2) is 66.7 Å². The minimum absolute atomic E-state index is 0.0412. The zero-order chi connectivity index (χ0) is 22.2. The molecule has 1 heterocycles. The Hall–Kier alpha value is -2.98. The van der Waals surface area contributed by atoms with Crippen molar-refractivity contribution in [3.05, 3.63) is 83.4 Å². The summed E-state index contributed by atoms with van der Waals surface area (Å²) in [7, 11) is 0. The van der Waals surface area contributed by atoms with E-state index < -0.39 is 0 Å². The van der Waals surface area contributed by atoms with Gasteiger partial charge in [-0.05, 0) is 57.4 Å². The first-order chi connectivity index (χ1) is 14.7. The van der Waals surface area contributed by atoms with Crippen LogP contribution in [0.2, 0.25) is 0 Å². The molecule has 1 amide bonds. The first-order valence-corrected chi connectivity index (χ1v) is 10.9. The molecule has 31 heavy (non-hydrogen) atoms. The minimum Gasteiger partial charge on any atom is -0.349 e. The van der Waals surface area contributed by atoms with Crippen LogP contribution in [0, 0.1) is 0 Å². The van der Waals surface area contributed by atoms with Gasteiger partial charge in [-0.25, -0.2) is 0 Å². The highest BCUT2D eigenvalue weighted by molar-refractivity contribution is 6.20. The summed E-state index contributed by atoms with van der Waals surface area (Å²) in [6.07, 6.45) is 1.67. The molecular weight excluding hydrogens is 384 g/mol. The van der Waals surface area contributed by atoms with Gasteiger partial charge in [0.25, 0.3) is 5.91 Å². The van der Waals surface area contributed by atoms with Crippen LogP contribution in [0.5, 0.6) is 0 Å². The number of ketones is 1. The van der Waals surface area contributed by atoms with Gasteiger partial charge in [0.15, 0.2) is 5.78 Å². The van der Waals surface area contributed by atoms with E-state index in [1.54, 1.807) is 12.1 Å². The zero-order valence-corrected chi connectivity index (χ0v) is 18.7. The van der Waals surface area contributed by atoms with Crippen LogP contribution in [0.4, 0.5) is 0 Å². The Balaban J connectivity index is 1.64. The van der Waals surface area contributed by atoms with E-state index in [1.165, 1.54) is 0 Å². The maximum Gasteiger partial charge on any atom is 0.252 e. The number of benzene rings is 3. The van der Waals surface area contributed by atoms with Crippen molar-refractivity contribution >= 4 is 22.5 Å². The summed E-state index contributed by atoms with van der Waals surface area (Å²) in [6.45, 7) is 8.63. The van der Waals surface area contributed by atoms with Crippen molar-refractivity contribution in [3.63, 3.8) is 0 Å². The molecule has 4 nitrogen and oxygen atoms in total. The molecule has 1 saturated heterocycles. The molecule has 1 aliphatic rings. The summed E-state index contributed by atoms with van der Waals surface area (Å²) in [5.74, 6) is -0.323. The Morgan fingerprint density at radius 1 is 0.774 bits per heavy atom. The van der Waals surface area contributed by atoms with Crippen molar-refractivity contribution in [3.8, 4) is 0 Å². The van der Waals surface area contributed by atoms with E-state index in [2.05, 4.69) is 38.3 Å². The van der Waals surface area contributed by atoms with Crippen molar-refractivity contribution in [2.75, 3.05) is 0 Å². The molecule has 3 aromatic rings. The molecule has 0 spiro atoms. The second-order valence-electron chi connectivity index (χ2n) is 9.87. The summed E-state index contributed by atoms with van der Waals surface area (Å²) in [6, 6.07) is 20.7. The number of rotatable bonds is 4. The lowest BCUT2D eigenvalue weighted by molar-refractivity contribution is 0.0866. The average molecular weight is 415 g/mol. The molecule has 160 valence electrons. The lowest BCUT2D eigenvalue weighted by Crippen LogP contribution is -2.62. The number of carbonyl (C=O) groups excluding carboxylic acids is 2. The largest absolute Gasteiger partial charge is 0.349 e. The maximum absolute atomic E-state index is 13.5. The van der Waals surface area contributed by atoms with Gasteiger partial charge in [-0.15, -0.1) is 0 Å². The van der Waals surface area contributed by atoms with E-state index in [1.807, 2.05) is 54.6 Å². The van der Waals surface area contributed by atoms with Crippen molar-refractivity contribution < 1.29 is 9.59 Å². The van der Waals surface area contributed by atoms with Gasteiger partial charge in [-0.1, -0.05) is 60.7 Å². The molecule has 0 aliphatic carbocycles. The number of amides is 1. The molecule has 0 atom stereocenters. The molecule has 1 fully saturated rings. The lowest BCUT2D eigenvalue weighted by atomic mass is 9.79. The normalized spacial score (nSPS) is 17.9. The van der Waals surface area contributed by atoms with Gasteiger partial charge >= 0.3 is 0 Å². The molecule has 4 heteroatoms. The van der Waals surface area contributed by atoms with Crippen LogP contribution in [-0.2, 0) is 0 Å². The molecule has 0 radical (unpaired) electrons. The highest BCUT2D eigenvalue weighted by atomic mass is 16.2. The number of hydrogen-bond acceptors (Lipinski definition) is 3.